The van der Waals surface area contributed by atoms with E-state index in [9.17, 15) is 4.79 Å². The maximum Gasteiger partial charge on any atom is 0.253 e. The van der Waals surface area contributed by atoms with E-state index in [1.807, 2.05) is 30.3 Å². The molecule has 5 nitrogen and oxygen atoms in total. The highest BCUT2D eigenvalue weighted by Gasteiger charge is 2.11. The second-order valence-corrected chi connectivity index (χ2v) is 7.31. The second-order valence-electron chi connectivity index (χ2n) is 7.31. The van der Waals surface area contributed by atoms with E-state index in [0.717, 1.165) is 28.3 Å². The van der Waals surface area contributed by atoms with E-state index in [0.29, 0.717) is 18.0 Å². The van der Waals surface area contributed by atoms with Crippen LogP contribution in [0.1, 0.15) is 46.8 Å². The number of aryl methyl sites for hydroxylation is 1. The van der Waals surface area contributed by atoms with Gasteiger partial charge in [-0.25, -0.2) is 0 Å². The Morgan fingerprint density at radius 2 is 1.86 bits per heavy atom. The van der Waals surface area contributed by atoms with Crippen LogP contribution in [0.25, 0.3) is 0 Å². The van der Waals surface area contributed by atoms with Crippen LogP contribution in [0.2, 0.25) is 0 Å². The Morgan fingerprint density at radius 1 is 1.10 bits per heavy atom. The van der Waals surface area contributed by atoms with Gasteiger partial charge in [0.05, 0.1) is 24.6 Å². The molecule has 0 saturated heterocycles. The number of benzene rings is 2. The van der Waals surface area contributed by atoms with Gasteiger partial charge in [0.25, 0.3) is 5.91 Å². The van der Waals surface area contributed by atoms with Crippen LogP contribution in [-0.2, 0) is 6.54 Å². The lowest BCUT2D eigenvalue weighted by molar-refractivity contribution is 0.0950. The zero-order valence-electron chi connectivity index (χ0n) is 17.3. The summed E-state index contributed by atoms with van der Waals surface area (Å²) >= 11 is 0. The predicted octanol–water partition coefficient (Wildman–Crippen LogP) is 5.20. The SMILES string of the molecule is COc1ccc(CNC(=O)c2cncc(Nc3c(C)cccc3C(C)C)c2)cc1. The van der Waals surface area contributed by atoms with Crippen LogP contribution in [0.3, 0.4) is 0 Å². The number of hydrogen-bond donors (Lipinski definition) is 2. The van der Waals surface area contributed by atoms with Crippen LogP contribution in [0.5, 0.6) is 5.75 Å². The molecule has 3 rings (SSSR count). The van der Waals surface area contributed by atoms with Crippen molar-refractivity contribution >= 4 is 17.3 Å². The molecule has 150 valence electrons. The third-order valence-corrected chi connectivity index (χ3v) is 4.81. The Bertz CT molecular complexity index is 982. The number of nitrogens with one attached hydrogen (secondary N) is 2. The Hall–Kier alpha value is -3.34. The maximum absolute atomic E-state index is 12.6. The highest BCUT2D eigenvalue weighted by molar-refractivity contribution is 5.94. The number of carbonyl (C=O) groups is 1. The fourth-order valence-electron chi connectivity index (χ4n) is 3.15. The van der Waals surface area contributed by atoms with Crippen LogP contribution < -0.4 is 15.4 Å². The fourth-order valence-corrected chi connectivity index (χ4v) is 3.15. The topological polar surface area (TPSA) is 63.2 Å². The molecule has 1 aromatic heterocycles. The molecule has 1 amide bonds. The van der Waals surface area contributed by atoms with E-state index >= 15 is 0 Å². The summed E-state index contributed by atoms with van der Waals surface area (Å²) in [4.78, 5) is 16.8. The number of ether oxygens (including phenoxy) is 1. The fraction of sp³-hybridized carbons (Fsp3) is 0.250. The summed E-state index contributed by atoms with van der Waals surface area (Å²) in [5.41, 5.74) is 5.77. The molecule has 0 bridgehead atoms. The molecule has 0 atom stereocenters. The van der Waals surface area contributed by atoms with Crippen molar-refractivity contribution in [2.45, 2.75) is 33.2 Å². The average molecular weight is 389 g/mol. The van der Waals surface area contributed by atoms with Gasteiger partial charge in [-0.05, 0) is 47.7 Å². The number of anilines is 2. The maximum atomic E-state index is 12.6. The molecule has 0 saturated carbocycles. The van der Waals surface area contributed by atoms with Gasteiger partial charge in [0.15, 0.2) is 0 Å². The average Bonchev–Trinajstić information content (AvgIpc) is 2.74. The van der Waals surface area contributed by atoms with Crippen molar-refractivity contribution in [1.82, 2.24) is 10.3 Å². The van der Waals surface area contributed by atoms with Gasteiger partial charge >= 0.3 is 0 Å². The van der Waals surface area contributed by atoms with Crippen molar-refractivity contribution in [2.75, 3.05) is 12.4 Å². The molecule has 29 heavy (non-hydrogen) atoms. The summed E-state index contributed by atoms with van der Waals surface area (Å²) in [5.74, 6) is 1.02. The Balaban J connectivity index is 1.71. The van der Waals surface area contributed by atoms with Crippen molar-refractivity contribution in [2.24, 2.45) is 0 Å². The lowest BCUT2D eigenvalue weighted by atomic mass is 9.98. The third-order valence-electron chi connectivity index (χ3n) is 4.81. The number of hydrogen-bond acceptors (Lipinski definition) is 4. The van der Waals surface area contributed by atoms with E-state index in [1.165, 1.54) is 5.56 Å². The molecule has 5 heteroatoms. The second kappa shape index (κ2) is 9.24. The summed E-state index contributed by atoms with van der Waals surface area (Å²) in [6, 6.07) is 15.7. The molecule has 0 fully saturated rings. The number of pyridine rings is 1. The molecule has 2 N–H and O–H groups in total. The zero-order valence-corrected chi connectivity index (χ0v) is 17.3. The number of nitrogens with zero attached hydrogens (tertiary/aromatic N) is 1. The number of aromatic nitrogens is 1. The van der Waals surface area contributed by atoms with Crippen molar-refractivity contribution in [3.63, 3.8) is 0 Å². The molecule has 0 aliphatic rings. The Labute approximate surface area is 172 Å². The minimum atomic E-state index is -0.161. The van der Waals surface area contributed by atoms with Gasteiger partial charge in [0, 0.05) is 18.4 Å². The monoisotopic (exact) mass is 389 g/mol. The zero-order chi connectivity index (χ0) is 20.8. The first-order chi connectivity index (χ1) is 14.0. The number of rotatable bonds is 7. The Kier molecular flexibility index (Phi) is 6.50. The minimum Gasteiger partial charge on any atom is -0.497 e. The number of carbonyl (C=O) groups excluding carboxylic acids is 1. The predicted molar refractivity (Wildman–Crippen MR) is 117 cm³/mol. The number of amides is 1. The first-order valence-corrected chi connectivity index (χ1v) is 9.70. The van der Waals surface area contributed by atoms with Gasteiger partial charge in [-0.15, -0.1) is 0 Å². The summed E-state index contributed by atoms with van der Waals surface area (Å²) in [6.07, 6.45) is 3.31. The first kappa shape index (κ1) is 20.4. The lowest BCUT2D eigenvalue weighted by Crippen LogP contribution is -2.23. The molecule has 2 aromatic carbocycles. The quantitative estimate of drug-likeness (QED) is 0.583. The summed E-state index contributed by atoms with van der Waals surface area (Å²) in [7, 11) is 1.63. The van der Waals surface area contributed by atoms with Crippen LogP contribution in [0.15, 0.2) is 60.9 Å². The lowest BCUT2D eigenvalue weighted by Gasteiger charge is -2.17. The Morgan fingerprint density at radius 3 is 2.55 bits per heavy atom. The highest BCUT2D eigenvalue weighted by atomic mass is 16.5. The van der Waals surface area contributed by atoms with Crippen LogP contribution in [0, 0.1) is 6.92 Å². The third kappa shape index (κ3) is 5.13. The van der Waals surface area contributed by atoms with Gasteiger partial charge < -0.3 is 15.4 Å². The van der Waals surface area contributed by atoms with Crippen LogP contribution >= 0.6 is 0 Å². The van der Waals surface area contributed by atoms with Gasteiger partial charge in [-0.1, -0.05) is 44.2 Å². The van der Waals surface area contributed by atoms with Gasteiger partial charge in [0.2, 0.25) is 0 Å². The molecular formula is C24H27N3O2. The van der Waals surface area contributed by atoms with Crippen molar-refractivity contribution < 1.29 is 9.53 Å². The normalized spacial score (nSPS) is 10.7. The summed E-state index contributed by atoms with van der Waals surface area (Å²) in [5, 5.41) is 6.38. The first-order valence-electron chi connectivity index (χ1n) is 9.70. The molecule has 3 aromatic rings. The van der Waals surface area contributed by atoms with E-state index in [1.54, 1.807) is 19.5 Å². The van der Waals surface area contributed by atoms with Crippen LogP contribution in [0.4, 0.5) is 11.4 Å². The highest BCUT2D eigenvalue weighted by Crippen LogP contribution is 2.30. The summed E-state index contributed by atoms with van der Waals surface area (Å²) < 4.78 is 5.15. The summed E-state index contributed by atoms with van der Waals surface area (Å²) in [6.45, 7) is 6.85. The van der Waals surface area contributed by atoms with Crippen molar-refractivity contribution in [3.8, 4) is 5.75 Å². The van der Waals surface area contributed by atoms with Crippen molar-refractivity contribution in [1.29, 1.82) is 0 Å². The van der Waals surface area contributed by atoms with E-state index < -0.39 is 0 Å². The molecule has 0 aliphatic carbocycles. The van der Waals surface area contributed by atoms with Crippen molar-refractivity contribution in [3.05, 3.63) is 83.2 Å². The van der Waals surface area contributed by atoms with E-state index in [2.05, 4.69) is 54.6 Å². The smallest absolute Gasteiger partial charge is 0.253 e. The molecule has 0 spiro atoms. The minimum absolute atomic E-state index is 0.161. The van der Waals surface area contributed by atoms with Gasteiger partial charge in [-0.2, -0.15) is 0 Å². The molecule has 1 heterocycles. The molecular weight excluding hydrogens is 362 g/mol. The van der Waals surface area contributed by atoms with Crippen LogP contribution in [-0.4, -0.2) is 18.0 Å². The van der Waals surface area contributed by atoms with E-state index in [-0.39, 0.29) is 5.91 Å². The van der Waals surface area contributed by atoms with Gasteiger partial charge in [0.1, 0.15) is 5.75 Å². The standard InChI is InChI=1S/C24H27N3O2/c1-16(2)22-7-5-6-17(3)23(22)27-20-12-19(14-25-15-20)24(28)26-13-18-8-10-21(29-4)11-9-18/h5-12,14-16,27H,13H2,1-4H3,(H,26,28). The largest absolute Gasteiger partial charge is 0.497 e. The number of methoxy groups -OCH3 is 1. The molecule has 0 unspecified atom stereocenters. The number of para-hydroxylation sites is 1. The molecule has 0 aliphatic heterocycles. The van der Waals surface area contributed by atoms with E-state index in [4.69, 9.17) is 4.74 Å². The van der Waals surface area contributed by atoms with Gasteiger partial charge in [-0.3, -0.25) is 9.78 Å². The molecule has 0 radical (unpaired) electrons.